The predicted molar refractivity (Wildman–Crippen MR) is 104 cm³/mol. The predicted octanol–water partition coefficient (Wildman–Crippen LogP) is 3.99. The molecule has 144 valence electrons. The normalized spacial score (nSPS) is 21.1. The van der Waals surface area contributed by atoms with E-state index < -0.39 is 6.04 Å². The van der Waals surface area contributed by atoms with Gasteiger partial charge in [0, 0.05) is 11.6 Å². The van der Waals surface area contributed by atoms with E-state index in [-0.39, 0.29) is 23.7 Å². The second-order valence-electron chi connectivity index (χ2n) is 7.57. The fourth-order valence-electron chi connectivity index (χ4n) is 3.53. The van der Waals surface area contributed by atoms with Gasteiger partial charge in [0.05, 0.1) is 7.11 Å². The largest absolute Gasteiger partial charge is 0.497 e. The number of nitrogens with one attached hydrogen (secondary N) is 2. The molecular weight excluding hydrogens is 328 g/mol. The number of benzene rings is 1. The Morgan fingerprint density at radius 3 is 2.23 bits per heavy atom. The van der Waals surface area contributed by atoms with Gasteiger partial charge in [-0.1, -0.05) is 27.2 Å². The average Bonchev–Trinajstić information content (AvgIpc) is 2.66. The zero-order valence-corrected chi connectivity index (χ0v) is 16.4. The van der Waals surface area contributed by atoms with Crippen LogP contribution in [0.2, 0.25) is 0 Å². The minimum atomic E-state index is -0.534. The minimum Gasteiger partial charge on any atom is -0.497 e. The van der Waals surface area contributed by atoms with Crippen molar-refractivity contribution in [1.29, 1.82) is 0 Å². The molecule has 1 unspecified atom stereocenters. The SMILES string of the molecule is CCC1CCC(C(=O)NC(C(=O)Nc2ccc(OC)cc2)C(C)C)CC1. The van der Waals surface area contributed by atoms with Gasteiger partial charge in [0.1, 0.15) is 11.8 Å². The molecule has 0 heterocycles. The summed E-state index contributed by atoms with van der Waals surface area (Å²) >= 11 is 0. The standard InChI is InChI=1S/C21H32N2O3/c1-5-15-6-8-16(9-7-15)20(24)23-19(14(2)3)21(25)22-17-10-12-18(26-4)13-11-17/h10-16,19H,5-9H2,1-4H3,(H,22,25)(H,23,24). The van der Waals surface area contributed by atoms with Crippen molar-refractivity contribution >= 4 is 17.5 Å². The molecule has 1 aliphatic carbocycles. The van der Waals surface area contributed by atoms with Gasteiger partial charge < -0.3 is 15.4 Å². The maximum absolute atomic E-state index is 12.7. The van der Waals surface area contributed by atoms with Gasteiger partial charge in [-0.2, -0.15) is 0 Å². The summed E-state index contributed by atoms with van der Waals surface area (Å²) in [6.45, 7) is 6.11. The Balaban J connectivity index is 1.94. The van der Waals surface area contributed by atoms with Gasteiger partial charge in [-0.15, -0.1) is 0 Å². The summed E-state index contributed by atoms with van der Waals surface area (Å²) in [5.74, 6) is 1.37. The molecule has 0 aliphatic heterocycles. The Bertz CT molecular complexity index is 590. The molecule has 2 N–H and O–H groups in total. The molecule has 0 bridgehead atoms. The highest BCUT2D eigenvalue weighted by molar-refractivity contribution is 5.97. The number of rotatable bonds is 7. The van der Waals surface area contributed by atoms with Crippen LogP contribution in [0.25, 0.3) is 0 Å². The maximum Gasteiger partial charge on any atom is 0.247 e. The molecule has 2 rings (SSSR count). The van der Waals surface area contributed by atoms with Gasteiger partial charge in [-0.25, -0.2) is 0 Å². The lowest BCUT2D eigenvalue weighted by Gasteiger charge is -2.29. The van der Waals surface area contributed by atoms with Crippen LogP contribution >= 0.6 is 0 Å². The number of ether oxygens (including phenoxy) is 1. The summed E-state index contributed by atoms with van der Waals surface area (Å²) < 4.78 is 5.13. The Labute approximate surface area is 156 Å². The zero-order chi connectivity index (χ0) is 19.1. The Morgan fingerprint density at radius 1 is 1.12 bits per heavy atom. The Morgan fingerprint density at radius 2 is 1.73 bits per heavy atom. The lowest BCUT2D eigenvalue weighted by molar-refractivity contribution is -0.131. The number of amides is 2. The first-order chi connectivity index (χ1) is 12.4. The van der Waals surface area contributed by atoms with E-state index in [9.17, 15) is 9.59 Å². The summed E-state index contributed by atoms with van der Waals surface area (Å²) in [6, 6.07) is 6.65. The van der Waals surface area contributed by atoms with E-state index in [0.717, 1.165) is 37.4 Å². The highest BCUT2D eigenvalue weighted by Gasteiger charge is 2.30. The van der Waals surface area contributed by atoms with Crippen LogP contribution in [0.5, 0.6) is 5.75 Å². The third kappa shape index (κ3) is 5.48. The van der Waals surface area contributed by atoms with Crippen LogP contribution in [0, 0.1) is 17.8 Å². The van der Waals surface area contributed by atoms with E-state index in [1.807, 2.05) is 13.8 Å². The van der Waals surface area contributed by atoms with Gasteiger partial charge in [-0.3, -0.25) is 9.59 Å². The first kappa shape index (κ1) is 20.3. The van der Waals surface area contributed by atoms with E-state index in [1.54, 1.807) is 31.4 Å². The molecule has 1 fully saturated rings. The second kappa shape index (κ2) is 9.60. The molecule has 0 saturated heterocycles. The quantitative estimate of drug-likeness (QED) is 0.772. The maximum atomic E-state index is 12.7. The molecule has 5 nitrogen and oxygen atoms in total. The highest BCUT2D eigenvalue weighted by Crippen LogP contribution is 2.30. The van der Waals surface area contributed by atoms with Crippen molar-refractivity contribution < 1.29 is 14.3 Å². The summed E-state index contributed by atoms with van der Waals surface area (Å²) in [5, 5.41) is 5.88. The van der Waals surface area contributed by atoms with Crippen LogP contribution in [0.1, 0.15) is 52.9 Å². The van der Waals surface area contributed by atoms with Gasteiger partial charge in [-0.05, 0) is 61.8 Å². The molecule has 0 aromatic heterocycles. The van der Waals surface area contributed by atoms with Crippen LogP contribution < -0.4 is 15.4 Å². The molecule has 1 aromatic rings. The molecule has 1 aliphatic rings. The van der Waals surface area contributed by atoms with Gasteiger partial charge in [0.15, 0.2) is 0 Å². The Hall–Kier alpha value is -2.04. The number of hydrogen-bond donors (Lipinski definition) is 2. The number of hydrogen-bond acceptors (Lipinski definition) is 3. The van der Waals surface area contributed by atoms with Crippen molar-refractivity contribution in [2.24, 2.45) is 17.8 Å². The molecule has 1 saturated carbocycles. The van der Waals surface area contributed by atoms with Crippen LogP contribution in [-0.4, -0.2) is 25.0 Å². The highest BCUT2D eigenvalue weighted by atomic mass is 16.5. The van der Waals surface area contributed by atoms with Crippen molar-refractivity contribution in [1.82, 2.24) is 5.32 Å². The number of carbonyl (C=O) groups is 2. The smallest absolute Gasteiger partial charge is 0.247 e. The fourth-order valence-corrected chi connectivity index (χ4v) is 3.53. The third-order valence-electron chi connectivity index (χ3n) is 5.40. The first-order valence-corrected chi connectivity index (χ1v) is 9.69. The van der Waals surface area contributed by atoms with E-state index in [1.165, 1.54) is 6.42 Å². The van der Waals surface area contributed by atoms with Gasteiger partial charge in [0.25, 0.3) is 0 Å². The third-order valence-corrected chi connectivity index (χ3v) is 5.40. The molecular formula is C21H32N2O3. The van der Waals surface area contributed by atoms with Crippen LogP contribution in [0.15, 0.2) is 24.3 Å². The van der Waals surface area contributed by atoms with Gasteiger partial charge in [0.2, 0.25) is 11.8 Å². The summed E-state index contributed by atoms with van der Waals surface area (Å²) in [5.41, 5.74) is 0.694. The van der Waals surface area contributed by atoms with Crippen LogP contribution in [-0.2, 0) is 9.59 Å². The summed E-state index contributed by atoms with van der Waals surface area (Å²) in [4.78, 5) is 25.3. The van der Waals surface area contributed by atoms with E-state index in [2.05, 4.69) is 17.6 Å². The lowest BCUT2D eigenvalue weighted by Crippen LogP contribution is -2.49. The minimum absolute atomic E-state index is 0.0168. The van der Waals surface area contributed by atoms with Crippen molar-refractivity contribution in [2.45, 2.75) is 58.9 Å². The number of methoxy groups -OCH3 is 1. The molecule has 2 amide bonds. The molecule has 1 aromatic carbocycles. The summed E-state index contributed by atoms with van der Waals surface area (Å²) in [6.07, 6.45) is 5.26. The zero-order valence-electron chi connectivity index (χ0n) is 16.4. The monoisotopic (exact) mass is 360 g/mol. The molecule has 0 radical (unpaired) electrons. The molecule has 0 spiro atoms. The molecule has 1 atom stereocenters. The fraction of sp³-hybridized carbons (Fsp3) is 0.619. The van der Waals surface area contributed by atoms with Crippen LogP contribution in [0.4, 0.5) is 5.69 Å². The second-order valence-corrected chi connectivity index (χ2v) is 7.57. The van der Waals surface area contributed by atoms with E-state index >= 15 is 0 Å². The summed E-state index contributed by atoms with van der Waals surface area (Å²) in [7, 11) is 1.60. The van der Waals surface area contributed by atoms with Crippen molar-refractivity contribution in [2.75, 3.05) is 12.4 Å². The van der Waals surface area contributed by atoms with Crippen LogP contribution in [0.3, 0.4) is 0 Å². The van der Waals surface area contributed by atoms with Crippen molar-refractivity contribution in [3.63, 3.8) is 0 Å². The average molecular weight is 360 g/mol. The van der Waals surface area contributed by atoms with Gasteiger partial charge >= 0.3 is 0 Å². The van der Waals surface area contributed by atoms with E-state index in [4.69, 9.17) is 4.74 Å². The van der Waals surface area contributed by atoms with Crippen molar-refractivity contribution in [3.8, 4) is 5.75 Å². The molecule has 26 heavy (non-hydrogen) atoms. The Kier molecular flexibility index (Phi) is 7.49. The topological polar surface area (TPSA) is 67.4 Å². The lowest BCUT2D eigenvalue weighted by atomic mass is 9.80. The van der Waals surface area contributed by atoms with E-state index in [0.29, 0.717) is 5.69 Å². The van der Waals surface area contributed by atoms with Crippen molar-refractivity contribution in [3.05, 3.63) is 24.3 Å². The molecule has 5 heteroatoms. The first-order valence-electron chi connectivity index (χ1n) is 9.69. The number of carbonyl (C=O) groups excluding carboxylic acids is 2. The number of anilines is 1.